The van der Waals surface area contributed by atoms with Crippen LogP contribution in [0.2, 0.25) is 0 Å². The topological polar surface area (TPSA) is 49.5 Å². The minimum atomic E-state index is -0.585. The summed E-state index contributed by atoms with van der Waals surface area (Å²) in [7, 11) is 2.09. The van der Waals surface area contributed by atoms with E-state index in [0.717, 1.165) is 25.2 Å². The lowest BCUT2D eigenvalue weighted by atomic mass is 10.0. The number of likely N-dealkylation sites (N-methyl/N-ethyl adjacent to an activating group) is 1. The van der Waals surface area contributed by atoms with Crippen molar-refractivity contribution in [3.05, 3.63) is 23.6 Å². The maximum absolute atomic E-state index is 9.32. The summed E-state index contributed by atoms with van der Waals surface area (Å²) < 4.78 is 5.05. The molecule has 0 aromatic carbocycles. The summed E-state index contributed by atoms with van der Waals surface area (Å²) in [5.41, 5.74) is 2.07. The van der Waals surface area contributed by atoms with Crippen LogP contribution < -0.4 is 0 Å². The van der Waals surface area contributed by atoms with Crippen molar-refractivity contribution >= 4 is 5.57 Å². The Morgan fingerprint density at radius 1 is 1.60 bits per heavy atom. The van der Waals surface area contributed by atoms with Gasteiger partial charge < -0.3 is 14.5 Å². The van der Waals surface area contributed by atoms with Gasteiger partial charge in [0, 0.05) is 19.2 Å². The molecule has 4 nitrogen and oxygen atoms in total. The maximum Gasteiger partial charge on any atom is 0.165 e. The van der Waals surface area contributed by atoms with Gasteiger partial charge in [0.05, 0.1) is 0 Å². The molecule has 0 bridgehead atoms. The largest absolute Gasteiger partial charge is 0.385 e. The highest BCUT2D eigenvalue weighted by Gasteiger charge is 2.15. The van der Waals surface area contributed by atoms with Crippen molar-refractivity contribution < 1.29 is 9.63 Å². The van der Waals surface area contributed by atoms with E-state index in [1.807, 2.05) is 6.07 Å². The van der Waals surface area contributed by atoms with Gasteiger partial charge in [-0.2, -0.15) is 0 Å². The molecular weight excluding hydrogens is 192 g/mol. The SMILES string of the molecule is CC(O)c1cc(C2=CCN(C)CC2)no1. The number of rotatable bonds is 2. The van der Waals surface area contributed by atoms with Crippen LogP contribution in [0, 0.1) is 0 Å². The molecule has 82 valence electrons. The van der Waals surface area contributed by atoms with Gasteiger partial charge >= 0.3 is 0 Å². The summed E-state index contributed by atoms with van der Waals surface area (Å²) in [4.78, 5) is 2.25. The van der Waals surface area contributed by atoms with Crippen molar-refractivity contribution in [2.75, 3.05) is 20.1 Å². The first-order valence-electron chi connectivity index (χ1n) is 5.19. The lowest BCUT2D eigenvalue weighted by Crippen LogP contribution is -2.23. The zero-order valence-corrected chi connectivity index (χ0v) is 9.10. The average Bonchev–Trinajstić information content (AvgIpc) is 2.68. The Kier molecular flexibility index (Phi) is 2.88. The normalized spacial score (nSPS) is 20.1. The van der Waals surface area contributed by atoms with Crippen molar-refractivity contribution in [3.8, 4) is 0 Å². The molecule has 4 heteroatoms. The van der Waals surface area contributed by atoms with Crippen LogP contribution in [0.1, 0.15) is 30.9 Å². The zero-order chi connectivity index (χ0) is 10.8. The maximum atomic E-state index is 9.32. The fraction of sp³-hybridized carbons (Fsp3) is 0.545. The van der Waals surface area contributed by atoms with Crippen molar-refractivity contribution in [2.45, 2.75) is 19.4 Å². The lowest BCUT2D eigenvalue weighted by molar-refractivity contribution is 0.158. The van der Waals surface area contributed by atoms with E-state index >= 15 is 0 Å². The molecule has 0 radical (unpaired) electrons. The van der Waals surface area contributed by atoms with E-state index in [1.54, 1.807) is 6.92 Å². The van der Waals surface area contributed by atoms with E-state index in [2.05, 4.69) is 23.2 Å². The summed E-state index contributed by atoms with van der Waals surface area (Å²) in [5, 5.41) is 13.3. The number of nitrogens with zero attached hydrogens (tertiary/aromatic N) is 2. The number of aromatic nitrogens is 1. The molecule has 0 aliphatic carbocycles. The fourth-order valence-corrected chi connectivity index (χ4v) is 1.64. The molecular formula is C11H16N2O2. The van der Waals surface area contributed by atoms with Crippen molar-refractivity contribution in [1.29, 1.82) is 0 Å². The molecule has 0 amide bonds. The van der Waals surface area contributed by atoms with E-state index in [1.165, 1.54) is 5.57 Å². The number of aliphatic hydroxyl groups excluding tert-OH is 1. The third-order valence-corrected chi connectivity index (χ3v) is 2.68. The minimum Gasteiger partial charge on any atom is -0.385 e. The molecule has 1 unspecified atom stereocenters. The third-order valence-electron chi connectivity index (χ3n) is 2.68. The number of hydrogen-bond donors (Lipinski definition) is 1. The van der Waals surface area contributed by atoms with Gasteiger partial charge in [0.15, 0.2) is 5.76 Å². The molecule has 2 heterocycles. The molecule has 15 heavy (non-hydrogen) atoms. The Morgan fingerprint density at radius 2 is 2.40 bits per heavy atom. The molecule has 1 aromatic rings. The molecule has 1 N–H and O–H groups in total. The van der Waals surface area contributed by atoms with Gasteiger partial charge in [-0.05, 0) is 26.0 Å². The lowest BCUT2D eigenvalue weighted by Gasteiger charge is -2.20. The predicted molar refractivity (Wildman–Crippen MR) is 57.2 cm³/mol. The van der Waals surface area contributed by atoms with Gasteiger partial charge in [0.25, 0.3) is 0 Å². The summed E-state index contributed by atoms with van der Waals surface area (Å²) >= 11 is 0. The van der Waals surface area contributed by atoms with E-state index in [4.69, 9.17) is 4.52 Å². The van der Waals surface area contributed by atoms with Crippen LogP contribution in [0.15, 0.2) is 16.7 Å². The monoisotopic (exact) mass is 208 g/mol. The van der Waals surface area contributed by atoms with Gasteiger partial charge in [0.1, 0.15) is 11.8 Å². The zero-order valence-electron chi connectivity index (χ0n) is 9.10. The summed E-state index contributed by atoms with van der Waals surface area (Å²) in [6, 6.07) is 1.82. The highest BCUT2D eigenvalue weighted by atomic mass is 16.5. The van der Waals surface area contributed by atoms with Gasteiger partial charge in [0.2, 0.25) is 0 Å². The van der Waals surface area contributed by atoms with E-state index in [9.17, 15) is 5.11 Å². The Hall–Kier alpha value is -1.13. The predicted octanol–water partition coefficient (Wildman–Crippen LogP) is 1.45. The van der Waals surface area contributed by atoms with Crippen LogP contribution in [0.5, 0.6) is 0 Å². The Bertz CT molecular complexity index is 368. The molecule has 1 aliphatic rings. The van der Waals surface area contributed by atoms with E-state index in [-0.39, 0.29) is 0 Å². The van der Waals surface area contributed by atoms with Crippen molar-refractivity contribution in [3.63, 3.8) is 0 Å². The number of aliphatic hydroxyl groups is 1. The molecule has 0 fully saturated rings. The first kappa shape index (κ1) is 10.4. The second kappa shape index (κ2) is 4.16. The quantitative estimate of drug-likeness (QED) is 0.799. The van der Waals surface area contributed by atoms with Gasteiger partial charge in [-0.3, -0.25) is 0 Å². The van der Waals surface area contributed by atoms with Crippen LogP contribution in [-0.2, 0) is 0 Å². The minimum absolute atomic E-state index is 0.532. The van der Waals surface area contributed by atoms with Crippen LogP contribution >= 0.6 is 0 Å². The van der Waals surface area contributed by atoms with Crippen molar-refractivity contribution in [2.24, 2.45) is 0 Å². The van der Waals surface area contributed by atoms with Gasteiger partial charge in [-0.1, -0.05) is 11.2 Å². The average molecular weight is 208 g/mol. The Morgan fingerprint density at radius 3 is 2.93 bits per heavy atom. The summed E-state index contributed by atoms with van der Waals surface area (Å²) in [6.45, 7) is 3.67. The molecule has 0 spiro atoms. The Labute approximate surface area is 89.2 Å². The molecule has 1 aromatic heterocycles. The van der Waals surface area contributed by atoms with Crippen LogP contribution in [-0.4, -0.2) is 35.3 Å². The molecule has 0 saturated carbocycles. The van der Waals surface area contributed by atoms with E-state index < -0.39 is 6.10 Å². The highest BCUT2D eigenvalue weighted by Crippen LogP contribution is 2.23. The summed E-state index contributed by atoms with van der Waals surface area (Å²) in [6.07, 6.45) is 2.56. The second-order valence-corrected chi connectivity index (χ2v) is 4.03. The van der Waals surface area contributed by atoms with Gasteiger partial charge in [-0.25, -0.2) is 0 Å². The molecule has 0 saturated heterocycles. The summed E-state index contributed by atoms with van der Waals surface area (Å²) in [5.74, 6) is 0.532. The van der Waals surface area contributed by atoms with Gasteiger partial charge in [-0.15, -0.1) is 0 Å². The second-order valence-electron chi connectivity index (χ2n) is 4.03. The first-order valence-corrected chi connectivity index (χ1v) is 5.19. The number of hydrogen-bond acceptors (Lipinski definition) is 4. The van der Waals surface area contributed by atoms with Crippen molar-refractivity contribution in [1.82, 2.24) is 10.1 Å². The smallest absolute Gasteiger partial charge is 0.165 e. The molecule has 1 aliphatic heterocycles. The van der Waals surface area contributed by atoms with Crippen LogP contribution in [0.4, 0.5) is 0 Å². The first-order chi connectivity index (χ1) is 7.16. The Balaban J connectivity index is 2.16. The fourth-order valence-electron chi connectivity index (χ4n) is 1.64. The molecule has 2 rings (SSSR count). The highest BCUT2D eigenvalue weighted by molar-refractivity contribution is 5.63. The molecule has 1 atom stereocenters. The van der Waals surface area contributed by atoms with Crippen LogP contribution in [0.25, 0.3) is 5.57 Å². The van der Waals surface area contributed by atoms with Crippen LogP contribution in [0.3, 0.4) is 0 Å². The standard InChI is InChI=1S/C11H16N2O2/c1-8(14)11-7-10(12-15-11)9-3-5-13(2)6-4-9/h3,7-8,14H,4-6H2,1-2H3. The van der Waals surface area contributed by atoms with E-state index in [0.29, 0.717) is 5.76 Å². The third kappa shape index (κ3) is 2.27.